The van der Waals surface area contributed by atoms with Gasteiger partial charge in [-0.15, -0.1) is 0 Å². The molecular formula is C17H21NO3. The summed E-state index contributed by atoms with van der Waals surface area (Å²) in [6.45, 7) is 2.03. The molecule has 1 amide bonds. The lowest BCUT2D eigenvalue weighted by molar-refractivity contribution is -0.141. The van der Waals surface area contributed by atoms with Crippen molar-refractivity contribution in [3.05, 3.63) is 35.4 Å². The Kier molecular flexibility index (Phi) is 3.47. The van der Waals surface area contributed by atoms with Crippen molar-refractivity contribution in [2.24, 2.45) is 5.92 Å². The quantitative estimate of drug-likeness (QED) is 0.893. The highest BCUT2D eigenvalue weighted by molar-refractivity contribution is 5.91. The van der Waals surface area contributed by atoms with E-state index in [2.05, 4.69) is 11.4 Å². The summed E-state index contributed by atoms with van der Waals surface area (Å²) in [7, 11) is 0. The van der Waals surface area contributed by atoms with Crippen molar-refractivity contribution in [1.82, 2.24) is 5.32 Å². The number of hydrogen-bond donors (Lipinski definition) is 2. The Morgan fingerprint density at radius 1 is 1.29 bits per heavy atom. The SMILES string of the molecule is Cc1cccc(C2(C(=O)N[C@@H]3CC[C@H](C(=O)O)C3)CC2)c1. The number of nitrogens with one attached hydrogen (secondary N) is 1. The molecule has 2 aliphatic rings. The number of aliphatic carboxylic acids is 1. The molecule has 4 heteroatoms. The topological polar surface area (TPSA) is 66.4 Å². The van der Waals surface area contributed by atoms with Crippen molar-refractivity contribution in [2.45, 2.75) is 50.5 Å². The summed E-state index contributed by atoms with van der Waals surface area (Å²) in [5, 5.41) is 12.1. The first-order valence-corrected chi connectivity index (χ1v) is 7.62. The Morgan fingerprint density at radius 2 is 2.05 bits per heavy atom. The molecule has 0 radical (unpaired) electrons. The summed E-state index contributed by atoms with van der Waals surface area (Å²) in [6.07, 6.45) is 3.77. The molecule has 0 aromatic heterocycles. The molecule has 3 rings (SSSR count). The number of carboxylic acids is 1. The number of carboxylic acid groups (broad SMARTS) is 1. The number of carbonyl (C=O) groups is 2. The maximum Gasteiger partial charge on any atom is 0.306 e. The Hall–Kier alpha value is -1.84. The van der Waals surface area contributed by atoms with E-state index in [0.29, 0.717) is 12.8 Å². The first-order valence-electron chi connectivity index (χ1n) is 7.62. The molecule has 1 aromatic rings. The average Bonchev–Trinajstić information content (AvgIpc) is 3.13. The van der Waals surface area contributed by atoms with Gasteiger partial charge in [-0.3, -0.25) is 9.59 Å². The van der Waals surface area contributed by atoms with Gasteiger partial charge in [0, 0.05) is 6.04 Å². The summed E-state index contributed by atoms with van der Waals surface area (Å²) in [6, 6.07) is 8.15. The van der Waals surface area contributed by atoms with E-state index < -0.39 is 5.97 Å². The molecule has 112 valence electrons. The van der Waals surface area contributed by atoms with Crippen LogP contribution in [0.5, 0.6) is 0 Å². The van der Waals surface area contributed by atoms with Crippen molar-refractivity contribution >= 4 is 11.9 Å². The summed E-state index contributed by atoms with van der Waals surface area (Å²) in [5.74, 6) is -0.972. The molecule has 2 fully saturated rings. The molecule has 2 atom stereocenters. The fourth-order valence-corrected chi connectivity index (χ4v) is 3.38. The van der Waals surface area contributed by atoms with E-state index in [1.54, 1.807) is 0 Å². The number of amides is 1. The monoisotopic (exact) mass is 287 g/mol. The minimum atomic E-state index is -0.744. The Balaban J connectivity index is 1.67. The third-order valence-corrected chi connectivity index (χ3v) is 4.87. The van der Waals surface area contributed by atoms with Gasteiger partial charge in [-0.2, -0.15) is 0 Å². The van der Waals surface area contributed by atoms with Gasteiger partial charge in [0.25, 0.3) is 0 Å². The van der Waals surface area contributed by atoms with Crippen LogP contribution < -0.4 is 5.32 Å². The number of hydrogen-bond acceptors (Lipinski definition) is 2. The predicted molar refractivity (Wildman–Crippen MR) is 79.0 cm³/mol. The van der Waals surface area contributed by atoms with Crippen LogP contribution in [0.1, 0.15) is 43.2 Å². The largest absolute Gasteiger partial charge is 0.481 e. The highest BCUT2D eigenvalue weighted by Gasteiger charge is 2.51. The Morgan fingerprint density at radius 3 is 2.62 bits per heavy atom. The lowest BCUT2D eigenvalue weighted by atomic mass is 9.93. The zero-order valence-electron chi connectivity index (χ0n) is 12.3. The summed E-state index contributed by atoms with van der Waals surface area (Å²) < 4.78 is 0. The van der Waals surface area contributed by atoms with Gasteiger partial charge in [-0.05, 0) is 44.6 Å². The molecule has 2 saturated carbocycles. The highest BCUT2D eigenvalue weighted by atomic mass is 16.4. The van der Waals surface area contributed by atoms with E-state index in [1.807, 2.05) is 25.1 Å². The average molecular weight is 287 g/mol. The van der Waals surface area contributed by atoms with Crippen LogP contribution in [0, 0.1) is 12.8 Å². The fourth-order valence-electron chi connectivity index (χ4n) is 3.38. The first kappa shape index (κ1) is 14.1. The second-order valence-corrected chi connectivity index (χ2v) is 6.47. The van der Waals surface area contributed by atoms with E-state index in [-0.39, 0.29) is 23.3 Å². The van der Waals surface area contributed by atoms with Gasteiger partial charge in [0.05, 0.1) is 11.3 Å². The van der Waals surface area contributed by atoms with Crippen LogP contribution >= 0.6 is 0 Å². The summed E-state index contributed by atoms with van der Waals surface area (Å²) in [4.78, 5) is 23.6. The summed E-state index contributed by atoms with van der Waals surface area (Å²) in [5.41, 5.74) is 1.89. The van der Waals surface area contributed by atoms with Crippen LogP contribution in [0.15, 0.2) is 24.3 Å². The van der Waals surface area contributed by atoms with Gasteiger partial charge in [0.2, 0.25) is 5.91 Å². The van der Waals surface area contributed by atoms with Gasteiger partial charge in [0.15, 0.2) is 0 Å². The zero-order chi connectivity index (χ0) is 15.0. The standard InChI is InChI=1S/C17H21NO3/c1-11-3-2-4-13(9-11)17(7-8-17)16(21)18-14-6-5-12(10-14)15(19)20/h2-4,9,12,14H,5-8,10H2,1H3,(H,18,21)(H,19,20)/t12-,14+/m0/s1. The van der Waals surface area contributed by atoms with Crippen LogP contribution in [0.2, 0.25) is 0 Å². The van der Waals surface area contributed by atoms with Crippen LogP contribution in [-0.4, -0.2) is 23.0 Å². The van der Waals surface area contributed by atoms with Gasteiger partial charge < -0.3 is 10.4 Å². The van der Waals surface area contributed by atoms with Crippen molar-refractivity contribution in [3.8, 4) is 0 Å². The fraction of sp³-hybridized carbons (Fsp3) is 0.529. The number of benzene rings is 1. The minimum absolute atomic E-state index is 0.0147. The maximum atomic E-state index is 12.6. The highest BCUT2D eigenvalue weighted by Crippen LogP contribution is 2.48. The molecular weight excluding hydrogens is 266 g/mol. The lowest BCUT2D eigenvalue weighted by Crippen LogP contribution is -2.40. The number of rotatable bonds is 4. The van der Waals surface area contributed by atoms with Crippen LogP contribution in [0.25, 0.3) is 0 Å². The van der Waals surface area contributed by atoms with Crippen molar-refractivity contribution in [3.63, 3.8) is 0 Å². The molecule has 21 heavy (non-hydrogen) atoms. The van der Waals surface area contributed by atoms with E-state index in [4.69, 9.17) is 5.11 Å². The molecule has 4 nitrogen and oxygen atoms in total. The minimum Gasteiger partial charge on any atom is -0.481 e. The van der Waals surface area contributed by atoms with Crippen molar-refractivity contribution in [2.75, 3.05) is 0 Å². The maximum absolute atomic E-state index is 12.6. The van der Waals surface area contributed by atoms with Crippen molar-refractivity contribution in [1.29, 1.82) is 0 Å². The molecule has 2 aliphatic carbocycles. The lowest BCUT2D eigenvalue weighted by Gasteiger charge is -2.20. The molecule has 1 aromatic carbocycles. The number of carbonyl (C=O) groups excluding carboxylic acids is 1. The van der Waals surface area contributed by atoms with Crippen molar-refractivity contribution < 1.29 is 14.7 Å². The van der Waals surface area contributed by atoms with Crippen LogP contribution in [-0.2, 0) is 15.0 Å². The molecule has 2 N–H and O–H groups in total. The van der Waals surface area contributed by atoms with E-state index in [0.717, 1.165) is 24.8 Å². The smallest absolute Gasteiger partial charge is 0.306 e. The second kappa shape index (κ2) is 5.17. The van der Waals surface area contributed by atoms with E-state index in [9.17, 15) is 9.59 Å². The molecule has 0 saturated heterocycles. The van der Waals surface area contributed by atoms with Gasteiger partial charge >= 0.3 is 5.97 Å². The third kappa shape index (κ3) is 2.67. The number of aryl methyl sites for hydroxylation is 1. The summed E-state index contributed by atoms with van der Waals surface area (Å²) >= 11 is 0. The second-order valence-electron chi connectivity index (χ2n) is 6.47. The predicted octanol–water partition coefficient (Wildman–Crippen LogP) is 2.40. The normalized spacial score (nSPS) is 26.3. The first-order chi connectivity index (χ1) is 10.0. The Labute approximate surface area is 124 Å². The van der Waals surface area contributed by atoms with Crippen LogP contribution in [0.4, 0.5) is 0 Å². The van der Waals surface area contributed by atoms with E-state index >= 15 is 0 Å². The van der Waals surface area contributed by atoms with E-state index in [1.165, 1.54) is 5.56 Å². The van der Waals surface area contributed by atoms with Crippen LogP contribution in [0.3, 0.4) is 0 Å². The molecule has 0 spiro atoms. The van der Waals surface area contributed by atoms with Gasteiger partial charge in [-0.1, -0.05) is 29.8 Å². The Bertz CT molecular complexity index is 577. The molecule has 0 heterocycles. The molecule has 0 bridgehead atoms. The van der Waals surface area contributed by atoms with Gasteiger partial charge in [-0.25, -0.2) is 0 Å². The molecule has 0 aliphatic heterocycles. The third-order valence-electron chi connectivity index (χ3n) is 4.87. The van der Waals surface area contributed by atoms with Gasteiger partial charge in [0.1, 0.15) is 0 Å². The molecule has 0 unspecified atom stereocenters. The zero-order valence-corrected chi connectivity index (χ0v) is 12.3.